The number of allylic oxidation sites excluding steroid dienone is 1. The van der Waals surface area contributed by atoms with Gasteiger partial charge in [0.2, 0.25) is 0 Å². The Hall–Kier alpha value is -0.400. The van der Waals surface area contributed by atoms with Gasteiger partial charge in [0.1, 0.15) is 0 Å². The van der Waals surface area contributed by atoms with Gasteiger partial charge < -0.3 is 0 Å². The number of hydrogen-bond acceptors (Lipinski definition) is 1. The van der Waals surface area contributed by atoms with Crippen molar-refractivity contribution < 1.29 is 0 Å². The number of hydrogen-bond donors (Lipinski definition) is 0. The van der Waals surface area contributed by atoms with Gasteiger partial charge in [-0.15, -0.1) is 11.6 Å². The quantitative estimate of drug-likeness (QED) is 0.407. The highest BCUT2D eigenvalue weighted by Crippen LogP contribution is 2.11. The van der Waals surface area contributed by atoms with Crippen LogP contribution in [0.25, 0.3) is 0 Å². The van der Waals surface area contributed by atoms with Gasteiger partial charge in [-0.3, -0.25) is 0 Å². The van der Waals surface area contributed by atoms with Crippen molar-refractivity contribution in [1.29, 1.82) is 0 Å². The van der Waals surface area contributed by atoms with Crippen LogP contribution in [0.1, 0.15) is 5.56 Å². The molecule has 0 fully saturated rings. The minimum atomic E-state index is 0.617. The summed E-state index contributed by atoms with van der Waals surface area (Å²) in [6.45, 7) is 0. The van der Waals surface area contributed by atoms with Gasteiger partial charge in [-0.05, 0) is 5.56 Å². The van der Waals surface area contributed by atoms with E-state index in [0.29, 0.717) is 5.88 Å². The van der Waals surface area contributed by atoms with Gasteiger partial charge in [0.05, 0.1) is 0 Å². The van der Waals surface area contributed by atoms with E-state index in [1.54, 1.807) is 0 Å². The second kappa shape index (κ2) is 7.05. The molecular formula is C11H13ClS. The average Bonchev–Trinajstić information content (AvgIpc) is 2.19. The van der Waals surface area contributed by atoms with Crippen LogP contribution in [0.2, 0.25) is 0 Å². The van der Waals surface area contributed by atoms with Gasteiger partial charge in [0.25, 0.3) is 0 Å². The summed E-state index contributed by atoms with van der Waals surface area (Å²) in [7, 11) is 0. The second-order valence-corrected chi connectivity index (χ2v) is 3.97. The minimum absolute atomic E-state index is 0.617. The molecule has 0 aliphatic carbocycles. The van der Waals surface area contributed by atoms with Gasteiger partial charge in [-0.25, -0.2) is 0 Å². The van der Waals surface area contributed by atoms with E-state index in [0.717, 1.165) is 11.5 Å². The van der Waals surface area contributed by atoms with Crippen LogP contribution in [0, 0.1) is 0 Å². The minimum Gasteiger partial charge on any atom is -0.153 e. The van der Waals surface area contributed by atoms with Crippen LogP contribution in [0.15, 0.2) is 42.5 Å². The summed E-state index contributed by atoms with van der Waals surface area (Å²) in [6.07, 6.45) is 4.10. The Morgan fingerprint density at radius 2 is 1.92 bits per heavy atom. The average molecular weight is 213 g/mol. The van der Waals surface area contributed by atoms with Gasteiger partial charge in [0, 0.05) is 17.4 Å². The summed E-state index contributed by atoms with van der Waals surface area (Å²) in [5.41, 5.74) is 1.38. The molecule has 1 rings (SSSR count). The Labute approximate surface area is 89.0 Å². The zero-order chi connectivity index (χ0) is 9.36. The molecule has 13 heavy (non-hydrogen) atoms. The third-order valence-electron chi connectivity index (χ3n) is 1.58. The highest BCUT2D eigenvalue weighted by molar-refractivity contribution is 7.98. The molecule has 0 nitrogen and oxygen atoms in total. The van der Waals surface area contributed by atoms with Crippen molar-refractivity contribution in [3.8, 4) is 0 Å². The summed E-state index contributed by atoms with van der Waals surface area (Å²) in [4.78, 5) is 0. The van der Waals surface area contributed by atoms with Crippen molar-refractivity contribution in [2.24, 2.45) is 0 Å². The largest absolute Gasteiger partial charge is 0.153 e. The fourth-order valence-electron chi connectivity index (χ4n) is 0.950. The van der Waals surface area contributed by atoms with E-state index in [1.165, 1.54) is 5.56 Å². The van der Waals surface area contributed by atoms with Crippen LogP contribution < -0.4 is 0 Å². The fourth-order valence-corrected chi connectivity index (χ4v) is 1.89. The number of thioether (sulfide) groups is 1. The summed E-state index contributed by atoms with van der Waals surface area (Å²) < 4.78 is 0. The first-order valence-electron chi connectivity index (χ1n) is 4.26. The summed E-state index contributed by atoms with van der Waals surface area (Å²) in [6, 6.07) is 10.5. The highest BCUT2D eigenvalue weighted by Gasteiger charge is 1.89. The van der Waals surface area contributed by atoms with E-state index in [2.05, 4.69) is 30.3 Å². The normalized spacial score (nSPS) is 10.8. The molecule has 0 unspecified atom stereocenters. The molecule has 0 bridgehead atoms. The molecule has 0 aromatic heterocycles. The molecule has 0 aliphatic rings. The predicted octanol–water partition coefficient (Wildman–Crippen LogP) is 3.71. The van der Waals surface area contributed by atoms with Crippen LogP contribution in [0.4, 0.5) is 0 Å². The van der Waals surface area contributed by atoms with E-state index in [9.17, 15) is 0 Å². The third-order valence-corrected chi connectivity index (χ3v) is 2.73. The van der Waals surface area contributed by atoms with Crippen LogP contribution in [-0.2, 0) is 5.75 Å². The number of benzene rings is 1. The van der Waals surface area contributed by atoms with Crippen LogP contribution >= 0.6 is 23.4 Å². The molecule has 70 valence electrons. The Bertz CT molecular complexity index is 244. The lowest BCUT2D eigenvalue weighted by Crippen LogP contribution is -1.79. The first kappa shape index (κ1) is 10.7. The molecule has 0 amide bonds. The molecule has 0 aliphatic heterocycles. The predicted molar refractivity (Wildman–Crippen MR) is 62.5 cm³/mol. The van der Waals surface area contributed by atoms with E-state index >= 15 is 0 Å². The maximum atomic E-state index is 5.50. The number of rotatable bonds is 5. The number of halogens is 1. The van der Waals surface area contributed by atoms with Crippen LogP contribution in [0.3, 0.4) is 0 Å². The van der Waals surface area contributed by atoms with Crippen molar-refractivity contribution in [3.05, 3.63) is 48.0 Å². The molecular weight excluding hydrogens is 200 g/mol. The van der Waals surface area contributed by atoms with Crippen molar-refractivity contribution in [1.82, 2.24) is 0 Å². The molecule has 0 saturated heterocycles. The molecule has 0 atom stereocenters. The molecule has 1 aromatic carbocycles. The van der Waals surface area contributed by atoms with E-state index < -0.39 is 0 Å². The smallest absolute Gasteiger partial charge is 0.0404 e. The lowest BCUT2D eigenvalue weighted by molar-refractivity contribution is 1.41. The van der Waals surface area contributed by atoms with Crippen molar-refractivity contribution in [2.75, 3.05) is 11.6 Å². The van der Waals surface area contributed by atoms with Gasteiger partial charge >= 0.3 is 0 Å². The zero-order valence-electron chi connectivity index (χ0n) is 7.45. The second-order valence-electron chi connectivity index (χ2n) is 2.63. The molecule has 0 spiro atoms. The van der Waals surface area contributed by atoms with Crippen LogP contribution in [0.5, 0.6) is 0 Å². The van der Waals surface area contributed by atoms with Crippen LogP contribution in [-0.4, -0.2) is 11.6 Å². The maximum absolute atomic E-state index is 5.50. The standard InChI is InChI=1S/C11H13ClS/c12-8-4-5-9-13-10-11-6-2-1-3-7-11/h1-7H,8-10H2. The monoisotopic (exact) mass is 212 g/mol. The third kappa shape index (κ3) is 5.02. The maximum Gasteiger partial charge on any atom is 0.0404 e. The summed E-state index contributed by atoms with van der Waals surface area (Å²) >= 11 is 7.40. The first-order valence-corrected chi connectivity index (χ1v) is 5.95. The Balaban J connectivity index is 2.17. The summed E-state index contributed by atoms with van der Waals surface area (Å²) in [5, 5.41) is 0. The van der Waals surface area contributed by atoms with E-state index in [4.69, 9.17) is 11.6 Å². The number of alkyl halides is 1. The Morgan fingerprint density at radius 3 is 2.62 bits per heavy atom. The topological polar surface area (TPSA) is 0 Å². The lowest BCUT2D eigenvalue weighted by Gasteiger charge is -1.97. The fraction of sp³-hybridized carbons (Fsp3) is 0.273. The highest BCUT2D eigenvalue weighted by atomic mass is 35.5. The van der Waals surface area contributed by atoms with Crippen molar-refractivity contribution in [3.63, 3.8) is 0 Å². The van der Waals surface area contributed by atoms with Crippen molar-refractivity contribution in [2.45, 2.75) is 5.75 Å². The SMILES string of the molecule is ClCC=CCSCc1ccccc1. The molecule has 0 radical (unpaired) electrons. The lowest BCUT2D eigenvalue weighted by atomic mass is 10.2. The molecule has 0 N–H and O–H groups in total. The molecule has 2 heteroatoms. The van der Waals surface area contributed by atoms with Crippen molar-refractivity contribution >= 4 is 23.4 Å². The molecule has 0 saturated carbocycles. The van der Waals surface area contributed by atoms with Gasteiger partial charge in [-0.1, -0.05) is 42.5 Å². The Kier molecular flexibility index (Phi) is 5.79. The zero-order valence-corrected chi connectivity index (χ0v) is 9.02. The van der Waals surface area contributed by atoms with Gasteiger partial charge in [-0.2, -0.15) is 11.8 Å². The first-order chi connectivity index (χ1) is 6.43. The molecule has 1 aromatic rings. The Morgan fingerprint density at radius 1 is 1.15 bits per heavy atom. The van der Waals surface area contributed by atoms with E-state index in [-0.39, 0.29) is 0 Å². The summed E-state index contributed by atoms with van der Waals surface area (Å²) in [5.74, 6) is 2.74. The van der Waals surface area contributed by atoms with E-state index in [1.807, 2.05) is 23.9 Å². The van der Waals surface area contributed by atoms with Gasteiger partial charge in [0.15, 0.2) is 0 Å². The molecule has 0 heterocycles.